The molecule has 4 aromatic rings. The van der Waals surface area contributed by atoms with Gasteiger partial charge in [-0.3, -0.25) is 0 Å². The van der Waals surface area contributed by atoms with E-state index in [1.54, 1.807) is 0 Å². The van der Waals surface area contributed by atoms with Crippen molar-refractivity contribution < 1.29 is 4.57 Å². The number of thiophene rings is 1. The van der Waals surface area contributed by atoms with Gasteiger partial charge >= 0.3 is 0 Å². The molecule has 1 nitrogen and oxygen atoms in total. The fourth-order valence-corrected chi connectivity index (χ4v) is 6.19. The number of hydrogen-bond donors (Lipinski definition) is 0. The lowest BCUT2D eigenvalue weighted by molar-refractivity contribution is -0.660. The fraction of sp³-hybridized carbons (Fsp3) is 0.345. The molecule has 32 heavy (non-hydrogen) atoms. The van der Waals surface area contributed by atoms with Crippen molar-refractivity contribution in [1.29, 1.82) is 0 Å². The molecular formula is C29H35NSSi+. The number of nitrogens with zero attached hydrogens (tertiary/aromatic N) is 1. The minimum Gasteiger partial charge on any atom is -0.201 e. The van der Waals surface area contributed by atoms with Crippen molar-refractivity contribution in [2.45, 2.75) is 58.7 Å². The first-order valence-electron chi connectivity index (χ1n) is 11.5. The van der Waals surface area contributed by atoms with E-state index in [-0.39, 0.29) is 14.2 Å². The van der Waals surface area contributed by atoms with E-state index in [0.717, 1.165) is 0 Å². The van der Waals surface area contributed by atoms with Gasteiger partial charge in [-0.25, -0.2) is 4.57 Å². The second-order valence-corrected chi connectivity index (χ2v) is 14.2. The molecule has 0 aliphatic rings. The zero-order valence-electron chi connectivity index (χ0n) is 20.5. The Morgan fingerprint density at radius 1 is 0.969 bits per heavy atom. The van der Waals surface area contributed by atoms with E-state index in [2.05, 4.69) is 113 Å². The van der Waals surface area contributed by atoms with Gasteiger partial charge in [-0.15, -0.1) is 11.3 Å². The molecule has 3 heteroatoms. The third kappa shape index (κ3) is 4.60. The maximum Gasteiger partial charge on any atom is 0.213 e. The van der Waals surface area contributed by atoms with E-state index in [1.807, 2.05) is 11.3 Å². The molecule has 4 rings (SSSR count). The van der Waals surface area contributed by atoms with Crippen LogP contribution in [0.15, 0.2) is 60.1 Å². The zero-order chi connectivity index (χ0) is 23.0. The SMILES string of the molecule is Cc1c(-c2cc(-c3cc(CC[Si](C)C)cs3)cc[n+]2C)cc(C(C)(C)C)c2ccccc12. The molecule has 2 aromatic carbocycles. The lowest BCUT2D eigenvalue weighted by atomic mass is 9.80. The van der Waals surface area contributed by atoms with Crippen LogP contribution < -0.4 is 4.57 Å². The zero-order valence-corrected chi connectivity index (χ0v) is 22.4. The van der Waals surface area contributed by atoms with Crippen molar-refractivity contribution in [2.24, 2.45) is 7.05 Å². The van der Waals surface area contributed by atoms with E-state index in [0.29, 0.717) is 0 Å². The molecule has 2 heterocycles. The first kappa shape index (κ1) is 22.9. The molecule has 0 saturated carbocycles. The van der Waals surface area contributed by atoms with Gasteiger partial charge in [-0.1, -0.05) is 64.2 Å². The summed E-state index contributed by atoms with van der Waals surface area (Å²) in [6.07, 6.45) is 3.43. The first-order chi connectivity index (χ1) is 15.1. The summed E-state index contributed by atoms with van der Waals surface area (Å²) in [6.45, 7) is 14.0. The van der Waals surface area contributed by atoms with E-state index in [4.69, 9.17) is 0 Å². The number of hydrogen-bond acceptors (Lipinski definition) is 1. The van der Waals surface area contributed by atoms with Crippen LogP contribution in [0.1, 0.15) is 37.5 Å². The van der Waals surface area contributed by atoms with Gasteiger partial charge in [0.2, 0.25) is 5.69 Å². The molecule has 0 N–H and O–H groups in total. The van der Waals surface area contributed by atoms with Crippen LogP contribution in [0.3, 0.4) is 0 Å². The van der Waals surface area contributed by atoms with E-state index in [9.17, 15) is 0 Å². The number of aryl methyl sites for hydroxylation is 3. The average molecular weight is 458 g/mol. The minimum absolute atomic E-state index is 0.0831. The molecule has 0 fully saturated rings. The Balaban J connectivity index is 1.84. The van der Waals surface area contributed by atoms with Crippen molar-refractivity contribution in [2.75, 3.05) is 0 Å². The maximum atomic E-state index is 2.43. The predicted octanol–water partition coefficient (Wildman–Crippen LogP) is 7.96. The Morgan fingerprint density at radius 2 is 1.69 bits per heavy atom. The van der Waals surface area contributed by atoms with E-state index in [1.165, 1.54) is 61.6 Å². The van der Waals surface area contributed by atoms with Gasteiger partial charge < -0.3 is 0 Å². The summed E-state index contributed by atoms with van der Waals surface area (Å²) in [6, 6.07) is 19.7. The molecule has 0 amide bonds. The van der Waals surface area contributed by atoms with Gasteiger partial charge in [0.1, 0.15) is 7.05 Å². The lowest BCUT2D eigenvalue weighted by Gasteiger charge is -2.24. The highest BCUT2D eigenvalue weighted by Crippen LogP contribution is 2.38. The van der Waals surface area contributed by atoms with Gasteiger partial charge in [-0.2, -0.15) is 0 Å². The third-order valence-electron chi connectivity index (χ3n) is 6.40. The number of pyridine rings is 1. The molecule has 2 aromatic heterocycles. The second kappa shape index (κ2) is 8.96. The normalized spacial score (nSPS) is 12.1. The summed E-state index contributed by atoms with van der Waals surface area (Å²) in [7, 11) is 1.99. The largest absolute Gasteiger partial charge is 0.213 e. The van der Waals surface area contributed by atoms with Crippen LogP contribution in [-0.2, 0) is 18.9 Å². The molecule has 0 bridgehead atoms. The monoisotopic (exact) mass is 457 g/mol. The van der Waals surface area contributed by atoms with Gasteiger partial charge in [0.25, 0.3) is 0 Å². The third-order valence-corrected chi connectivity index (χ3v) is 8.68. The highest BCUT2D eigenvalue weighted by Gasteiger charge is 2.23. The van der Waals surface area contributed by atoms with E-state index < -0.39 is 0 Å². The van der Waals surface area contributed by atoms with Crippen LogP contribution in [0.2, 0.25) is 19.1 Å². The van der Waals surface area contributed by atoms with Crippen molar-refractivity contribution >= 4 is 30.9 Å². The summed E-state index contributed by atoms with van der Waals surface area (Å²) in [5.41, 5.74) is 8.26. The first-order valence-corrected chi connectivity index (χ1v) is 15.1. The maximum absolute atomic E-state index is 2.43. The highest BCUT2D eigenvalue weighted by molar-refractivity contribution is 7.13. The summed E-state index contributed by atoms with van der Waals surface area (Å²) in [5.74, 6) is 0. The van der Waals surface area contributed by atoms with Crippen LogP contribution in [0.5, 0.6) is 0 Å². The molecule has 0 aliphatic carbocycles. The molecular weight excluding hydrogens is 422 g/mol. The number of benzene rings is 2. The second-order valence-electron chi connectivity index (χ2n) is 10.3. The number of rotatable bonds is 5. The average Bonchev–Trinajstić information content (AvgIpc) is 3.21. The van der Waals surface area contributed by atoms with Crippen LogP contribution >= 0.6 is 11.3 Å². The molecule has 0 atom stereocenters. The molecule has 0 aliphatic heterocycles. The lowest BCUT2D eigenvalue weighted by Crippen LogP contribution is -2.30. The predicted molar refractivity (Wildman–Crippen MR) is 143 cm³/mol. The summed E-state index contributed by atoms with van der Waals surface area (Å²) in [4.78, 5) is 1.37. The molecule has 1 radical (unpaired) electrons. The summed E-state index contributed by atoms with van der Waals surface area (Å²) in [5, 5.41) is 5.08. The highest BCUT2D eigenvalue weighted by atomic mass is 32.1. The molecule has 0 spiro atoms. The molecule has 0 saturated heterocycles. The molecule has 165 valence electrons. The number of aromatic nitrogens is 1. The van der Waals surface area contributed by atoms with Crippen LogP contribution in [-0.4, -0.2) is 8.80 Å². The Bertz CT molecular complexity index is 1260. The van der Waals surface area contributed by atoms with Crippen molar-refractivity contribution in [3.8, 4) is 21.7 Å². The topological polar surface area (TPSA) is 3.88 Å². The van der Waals surface area contributed by atoms with E-state index >= 15 is 0 Å². The van der Waals surface area contributed by atoms with Crippen molar-refractivity contribution in [1.82, 2.24) is 0 Å². The smallest absolute Gasteiger partial charge is 0.201 e. The number of fused-ring (bicyclic) bond motifs is 1. The Kier molecular flexibility index (Phi) is 6.42. The summed E-state index contributed by atoms with van der Waals surface area (Å²) >= 11 is 1.88. The van der Waals surface area contributed by atoms with Crippen LogP contribution in [0.4, 0.5) is 0 Å². The van der Waals surface area contributed by atoms with Gasteiger partial charge in [-0.05, 0) is 63.7 Å². The fourth-order valence-electron chi connectivity index (χ4n) is 4.45. The Hall–Kier alpha value is -2.23. The Morgan fingerprint density at radius 3 is 2.38 bits per heavy atom. The standard InChI is InChI=1S/C29H35NSSi/c1-20-23-10-8-9-11-24(23)26(29(2,3)4)18-25(20)27-17-22(12-14-30(27)5)28-16-21(19-31-28)13-15-32(6)7/h8-12,14,16-19H,13,15H2,1-7H3/q+1. The van der Waals surface area contributed by atoms with Gasteiger partial charge in [0.05, 0.1) is 0 Å². The summed E-state index contributed by atoms with van der Waals surface area (Å²) < 4.78 is 2.27. The van der Waals surface area contributed by atoms with Crippen molar-refractivity contribution in [3.05, 3.63) is 76.8 Å². The van der Waals surface area contributed by atoms with Crippen LogP contribution in [0, 0.1) is 6.92 Å². The molecule has 0 unspecified atom stereocenters. The quantitative estimate of drug-likeness (QED) is 0.211. The van der Waals surface area contributed by atoms with Crippen molar-refractivity contribution in [3.63, 3.8) is 0 Å². The van der Waals surface area contributed by atoms with Gasteiger partial charge in [0, 0.05) is 36.9 Å². The van der Waals surface area contributed by atoms with Crippen LogP contribution in [0.25, 0.3) is 32.5 Å². The Labute approximate surface area is 199 Å². The minimum atomic E-state index is -0.172. The van der Waals surface area contributed by atoms with Gasteiger partial charge in [0.15, 0.2) is 6.20 Å².